The third-order valence-corrected chi connectivity index (χ3v) is 14.4. The molecule has 4 aliphatic rings. The molecule has 2 aliphatic carbocycles. The minimum absolute atomic E-state index is 0.000101. The summed E-state index contributed by atoms with van der Waals surface area (Å²) in [6, 6.07) is 11.0. The van der Waals surface area contributed by atoms with E-state index in [1.807, 2.05) is 12.1 Å². The first kappa shape index (κ1) is 39.4. The fraction of sp³-hybridized carbons (Fsp3) is 0.590. The summed E-state index contributed by atoms with van der Waals surface area (Å²) >= 11 is 6.43. The highest BCUT2D eigenvalue weighted by Gasteiger charge is 2.50. The first-order valence-corrected chi connectivity index (χ1v) is 20.3. The number of ether oxygens (including phenoxy) is 2. The predicted octanol–water partition coefficient (Wildman–Crippen LogP) is 6.97. The Balaban J connectivity index is 1.41. The summed E-state index contributed by atoms with van der Waals surface area (Å²) < 4.78 is 81.9. The molecule has 2 amide bonds. The normalized spacial score (nSPS) is 31.1. The van der Waals surface area contributed by atoms with Crippen molar-refractivity contribution in [2.45, 2.75) is 88.2 Å². The van der Waals surface area contributed by atoms with E-state index in [4.69, 9.17) is 21.1 Å². The van der Waals surface area contributed by atoms with Gasteiger partial charge in [-0.15, -0.1) is 0 Å². The van der Waals surface area contributed by atoms with E-state index >= 15 is 0 Å². The fourth-order valence-corrected chi connectivity index (χ4v) is 10.0. The number of allylic oxidation sites excluding steroid dienone is 1. The van der Waals surface area contributed by atoms with Crippen molar-refractivity contribution in [1.82, 2.24) is 10.0 Å². The molecule has 2 bridgehead atoms. The van der Waals surface area contributed by atoms with Crippen LogP contribution in [-0.4, -0.2) is 70.6 Å². The van der Waals surface area contributed by atoms with Crippen molar-refractivity contribution in [2.24, 2.45) is 23.7 Å². The van der Waals surface area contributed by atoms with Crippen LogP contribution in [0.25, 0.3) is 0 Å². The van der Waals surface area contributed by atoms with Gasteiger partial charge in [-0.25, -0.2) is 13.1 Å². The van der Waals surface area contributed by atoms with E-state index in [0.29, 0.717) is 49.0 Å². The molecule has 1 saturated carbocycles. The van der Waals surface area contributed by atoms with Crippen LogP contribution >= 0.6 is 11.6 Å². The molecular formula is C39H49ClF3N3O6S. The Morgan fingerprint density at radius 3 is 2.66 bits per heavy atom. The summed E-state index contributed by atoms with van der Waals surface area (Å²) in [6.45, 7) is 5.21. The van der Waals surface area contributed by atoms with E-state index in [9.17, 15) is 31.2 Å². The van der Waals surface area contributed by atoms with Crippen LogP contribution in [0.5, 0.6) is 5.75 Å². The number of alkyl halides is 3. The number of halogens is 4. The number of benzene rings is 2. The van der Waals surface area contributed by atoms with Crippen LogP contribution in [0.2, 0.25) is 5.02 Å². The third-order valence-electron chi connectivity index (χ3n) is 12.2. The predicted molar refractivity (Wildman–Crippen MR) is 198 cm³/mol. The van der Waals surface area contributed by atoms with Crippen LogP contribution in [0.15, 0.2) is 48.6 Å². The quantitative estimate of drug-likeness (QED) is 0.315. The number of carbonyl (C=O) groups excluding carboxylic acids is 2. The molecule has 1 unspecified atom stereocenters. The molecule has 9 nitrogen and oxygen atoms in total. The average Bonchev–Trinajstić information content (AvgIpc) is 3.24. The van der Waals surface area contributed by atoms with Crippen molar-refractivity contribution in [3.8, 4) is 5.75 Å². The minimum Gasteiger partial charge on any atom is -0.490 e. The smallest absolute Gasteiger partial charge is 0.393 e. The van der Waals surface area contributed by atoms with Crippen molar-refractivity contribution >= 4 is 39.1 Å². The molecule has 2 aliphatic heterocycles. The van der Waals surface area contributed by atoms with Gasteiger partial charge in [0.25, 0.3) is 5.91 Å². The van der Waals surface area contributed by atoms with E-state index < -0.39 is 62.7 Å². The summed E-state index contributed by atoms with van der Waals surface area (Å²) in [4.78, 5) is 29.2. The number of sulfonamides is 1. The van der Waals surface area contributed by atoms with E-state index in [1.165, 1.54) is 7.11 Å². The molecule has 53 heavy (non-hydrogen) atoms. The van der Waals surface area contributed by atoms with Gasteiger partial charge in [-0.2, -0.15) is 13.2 Å². The largest absolute Gasteiger partial charge is 0.490 e. The zero-order chi connectivity index (χ0) is 38.3. The lowest BCUT2D eigenvalue weighted by atomic mass is 9.62. The molecule has 7 atom stereocenters. The number of anilines is 1. The second-order valence-corrected chi connectivity index (χ2v) is 18.1. The van der Waals surface area contributed by atoms with Crippen molar-refractivity contribution in [3.05, 3.63) is 70.3 Å². The van der Waals surface area contributed by atoms with Crippen LogP contribution in [-0.2, 0) is 31.4 Å². The second kappa shape index (κ2) is 15.1. The Labute approximate surface area is 315 Å². The van der Waals surface area contributed by atoms with Crippen LogP contribution in [0.1, 0.15) is 80.8 Å². The lowest BCUT2D eigenvalue weighted by Gasteiger charge is -2.50. The van der Waals surface area contributed by atoms with Crippen LogP contribution in [0.4, 0.5) is 18.9 Å². The third kappa shape index (κ3) is 8.08. The number of methoxy groups -OCH3 is 1. The number of nitrogens with one attached hydrogen (secondary N) is 2. The van der Waals surface area contributed by atoms with Gasteiger partial charge in [-0.3, -0.25) is 9.59 Å². The molecule has 0 aromatic heterocycles. The van der Waals surface area contributed by atoms with E-state index in [2.05, 4.69) is 21.0 Å². The highest BCUT2D eigenvalue weighted by Crippen LogP contribution is 2.50. The molecule has 2 aromatic rings. The molecule has 290 valence electrons. The average molecular weight is 780 g/mol. The van der Waals surface area contributed by atoms with Crippen LogP contribution in [0.3, 0.4) is 0 Å². The number of amides is 2. The molecule has 0 radical (unpaired) electrons. The number of nitrogens with zero attached hydrogens (tertiary/aromatic N) is 1. The Bertz CT molecular complexity index is 1860. The number of rotatable bonds is 5. The van der Waals surface area contributed by atoms with E-state index in [0.717, 1.165) is 43.7 Å². The Morgan fingerprint density at radius 1 is 1.19 bits per heavy atom. The van der Waals surface area contributed by atoms with Crippen molar-refractivity contribution in [1.29, 1.82) is 0 Å². The zero-order valence-corrected chi connectivity index (χ0v) is 32.2. The first-order valence-electron chi connectivity index (χ1n) is 18.4. The van der Waals surface area contributed by atoms with Crippen LogP contribution < -0.4 is 19.7 Å². The van der Waals surface area contributed by atoms with Gasteiger partial charge in [0.15, 0.2) is 0 Å². The summed E-state index contributed by atoms with van der Waals surface area (Å²) in [6.07, 6.45) is 3.43. The van der Waals surface area contributed by atoms with Gasteiger partial charge >= 0.3 is 6.18 Å². The number of hydrogen-bond donors (Lipinski definition) is 2. The van der Waals surface area contributed by atoms with Crippen molar-refractivity contribution in [3.63, 3.8) is 0 Å². The zero-order valence-electron chi connectivity index (χ0n) is 30.6. The fourth-order valence-electron chi connectivity index (χ4n) is 8.53. The monoisotopic (exact) mass is 779 g/mol. The maximum Gasteiger partial charge on any atom is 0.393 e. The molecule has 1 spiro atoms. The highest BCUT2D eigenvalue weighted by molar-refractivity contribution is 7.90. The number of aryl methyl sites for hydroxylation is 1. The molecule has 1 fully saturated rings. The molecule has 0 saturated heterocycles. The summed E-state index contributed by atoms with van der Waals surface area (Å²) in [5.41, 5.74) is 1.58. The molecule has 14 heteroatoms. The lowest BCUT2D eigenvalue weighted by molar-refractivity contribution is -0.169. The Hall–Kier alpha value is -3.29. The van der Waals surface area contributed by atoms with Gasteiger partial charge in [0.2, 0.25) is 15.9 Å². The number of hydrogen-bond acceptors (Lipinski definition) is 7. The van der Waals surface area contributed by atoms with Gasteiger partial charge in [0, 0.05) is 42.7 Å². The van der Waals surface area contributed by atoms with Gasteiger partial charge in [-0.05, 0) is 105 Å². The van der Waals surface area contributed by atoms with Gasteiger partial charge in [-0.1, -0.05) is 43.7 Å². The Morgan fingerprint density at radius 2 is 1.96 bits per heavy atom. The lowest BCUT2D eigenvalue weighted by Crippen LogP contribution is -2.54. The highest BCUT2D eigenvalue weighted by atomic mass is 35.5. The molecule has 2 aromatic carbocycles. The van der Waals surface area contributed by atoms with Gasteiger partial charge in [0.1, 0.15) is 5.75 Å². The molecular weight excluding hydrogens is 731 g/mol. The molecule has 2 heterocycles. The standard InChI is InChI=1S/C39H49ClF3N3O6S/c1-24-7-5-16-38(51-4,19-35(47)44-20-25(2)39(41,42)43)32-12-9-29(32)21-46-22-37(15-6-8-27-17-30(40)11-13-31(27)37)23-52-34-14-10-28(18-33(34)46)36(48)45-53(49,50)26(24)3/h5,10-11,13-14,16-18,24-26,29,32H,6-9,12,15,19-23H2,1-4H3,(H,44,47)(H,45,48)/b16-5+/t24-,25?,26+,29-,32+,37-,38+/m0/s1. The molecule has 6 rings (SSSR count). The van der Waals surface area contributed by atoms with E-state index in [-0.39, 0.29) is 23.8 Å². The second-order valence-electron chi connectivity index (χ2n) is 15.6. The topological polar surface area (TPSA) is 114 Å². The SMILES string of the molecule is CO[C@@]1(CC(=O)NCC(C)C(F)(F)F)/C=C/C[C@H](C)[C@@H](C)S(=O)(=O)NC(=O)c2ccc3c(c2)N(C[C@@H]2CC[C@H]21)C[C@@]1(CCCc2cc(Cl)ccc21)CO3. The first-order chi connectivity index (χ1) is 25.0. The van der Waals surface area contributed by atoms with Crippen LogP contribution in [0, 0.1) is 23.7 Å². The van der Waals surface area contributed by atoms with Crippen molar-refractivity contribution < 1.29 is 40.7 Å². The maximum atomic E-state index is 13.6. The van der Waals surface area contributed by atoms with Crippen molar-refractivity contribution in [2.75, 3.05) is 38.3 Å². The number of carbonyl (C=O) groups is 2. The maximum absolute atomic E-state index is 13.6. The van der Waals surface area contributed by atoms with Gasteiger partial charge in [0.05, 0.1) is 35.5 Å². The summed E-state index contributed by atoms with van der Waals surface area (Å²) in [5, 5.41) is 2.19. The molecule has 2 N–H and O–H groups in total. The Kier molecular flexibility index (Phi) is 11.2. The summed E-state index contributed by atoms with van der Waals surface area (Å²) in [7, 11) is -2.59. The van der Waals surface area contributed by atoms with E-state index in [1.54, 1.807) is 44.2 Å². The summed E-state index contributed by atoms with van der Waals surface area (Å²) in [5.74, 6) is -3.06. The van der Waals surface area contributed by atoms with Gasteiger partial charge < -0.3 is 19.7 Å². The minimum atomic E-state index is -4.45. The number of fused-ring (bicyclic) bond motifs is 4.